The molecule has 30 heavy (non-hydrogen) atoms. The van der Waals surface area contributed by atoms with Crippen molar-refractivity contribution in [2.24, 2.45) is 0 Å². The molecule has 156 valence electrons. The fourth-order valence-electron chi connectivity index (χ4n) is 3.98. The molecule has 1 unspecified atom stereocenters. The van der Waals surface area contributed by atoms with Crippen LogP contribution in [-0.4, -0.2) is 57.8 Å². The smallest absolute Gasteiger partial charge is 0.231 e. The maximum atomic E-state index is 13.2. The summed E-state index contributed by atoms with van der Waals surface area (Å²) < 4.78 is 18.7. The molecule has 9 heteroatoms. The van der Waals surface area contributed by atoms with Crippen molar-refractivity contribution in [1.29, 1.82) is 0 Å². The molecule has 3 aromatic rings. The largest absolute Gasteiger partial charge is 0.356 e. The van der Waals surface area contributed by atoms with Gasteiger partial charge in [0.2, 0.25) is 11.7 Å². The van der Waals surface area contributed by atoms with E-state index in [0.29, 0.717) is 11.7 Å². The Morgan fingerprint density at radius 1 is 1.00 bits per heavy atom. The molecular weight excluding hydrogens is 403 g/mol. The van der Waals surface area contributed by atoms with Crippen molar-refractivity contribution in [3.8, 4) is 11.4 Å². The first-order chi connectivity index (χ1) is 14.8. The normalized spacial score (nSPS) is 19.8. The van der Waals surface area contributed by atoms with E-state index < -0.39 is 0 Å². The van der Waals surface area contributed by atoms with E-state index >= 15 is 0 Å². The number of benzene rings is 1. The highest BCUT2D eigenvalue weighted by atomic mass is 32.2. The SMILES string of the molecule is Fc1ccc(-c2noc(C3CCCN(c4cc(N5CCSCC5)ncn4)C3)n2)cc1. The van der Waals surface area contributed by atoms with Gasteiger partial charge in [0.15, 0.2) is 0 Å². The topological polar surface area (TPSA) is 71.2 Å². The van der Waals surface area contributed by atoms with Crippen molar-refractivity contribution in [2.45, 2.75) is 18.8 Å². The first-order valence-corrected chi connectivity index (χ1v) is 11.4. The van der Waals surface area contributed by atoms with E-state index in [0.717, 1.165) is 67.7 Å². The summed E-state index contributed by atoms with van der Waals surface area (Å²) in [5, 5.41) is 4.10. The number of hydrogen-bond donors (Lipinski definition) is 0. The summed E-state index contributed by atoms with van der Waals surface area (Å²) in [5.74, 6) is 5.20. The highest BCUT2D eigenvalue weighted by Crippen LogP contribution is 2.30. The van der Waals surface area contributed by atoms with Crippen molar-refractivity contribution in [3.05, 3.63) is 48.4 Å². The van der Waals surface area contributed by atoms with Gasteiger partial charge in [0.05, 0.1) is 5.92 Å². The minimum absolute atomic E-state index is 0.144. The molecular formula is C21H23FN6OS. The Hall–Kier alpha value is -2.68. The van der Waals surface area contributed by atoms with Crippen LogP contribution >= 0.6 is 11.8 Å². The molecule has 2 fully saturated rings. The predicted octanol–water partition coefficient (Wildman–Crippen LogP) is 3.60. The Morgan fingerprint density at radius 3 is 2.57 bits per heavy atom. The molecule has 0 aliphatic carbocycles. The second-order valence-corrected chi connectivity index (χ2v) is 8.81. The molecule has 0 radical (unpaired) electrons. The Balaban J connectivity index is 1.31. The van der Waals surface area contributed by atoms with Crippen LogP contribution < -0.4 is 9.80 Å². The second-order valence-electron chi connectivity index (χ2n) is 7.58. The van der Waals surface area contributed by atoms with E-state index in [2.05, 4.69) is 36.0 Å². The average Bonchev–Trinajstić information content (AvgIpc) is 3.31. The monoisotopic (exact) mass is 426 g/mol. The number of hydrogen-bond acceptors (Lipinski definition) is 8. The Bertz CT molecular complexity index is 991. The Kier molecular flexibility index (Phi) is 5.52. The molecule has 0 amide bonds. The van der Waals surface area contributed by atoms with Crippen LogP contribution in [0.5, 0.6) is 0 Å². The van der Waals surface area contributed by atoms with Crippen molar-refractivity contribution in [1.82, 2.24) is 20.1 Å². The van der Waals surface area contributed by atoms with Crippen LogP contribution in [0.2, 0.25) is 0 Å². The van der Waals surface area contributed by atoms with E-state index in [9.17, 15) is 4.39 Å². The van der Waals surface area contributed by atoms with E-state index in [1.807, 2.05) is 11.8 Å². The fraction of sp³-hybridized carbons (Fsp3) is 0.429. The van der Waals surface area contributed by atoms with Gasteiger partial charge >= 0.3 is 0 Å². The van der Waals surface area contributed by atoms with E-state index in [-0.39, 0.29) is 11.7 Å². The van der Waals surface area contributed by atoms with Gasteiger partial charge in [-0.1, -0.05) is 5.16 Å². The van der Waals surface area contributed by atoms with Crippen LogP contribution in [0.4, 0.5) is 16.0 Å². The molecule has 2 aliphatic rings. The molecule has 0 spiro atoms. The highest BCUT2D eigenvalue weighted by molar-refractivity contribution is 7.99. The molecule has 1 atom stereocenters. The number of nitrogens with zero attached hydrogens (tertiary/aromatic N) is 6. The van der Waals surface area contributed by atoms with E-state index in [1.165, 1.54) is 12.1 Å². The van der Waals surface area contributed by atoms with Crippen molar-refractivity contribution >= 4 is 23.4 Å². The van der Waals surface area contributed by atoms with E-state index in [1.54, 1.807) is 18.5 Å². The molecule has 0 saturated carbocycles. The third-order valence-corrected chi connectivity index (χ3v) is 6.55. The van der Waals surface area contributed by atoms with Gasteiger partial charge < -0.3 is 14.3 Å². The molecule has 0 bridgehead atoms. The average molecular weight is 427 g/mol. The minimum Gasteiger partial charge on any atom is -0.356 e. The summed E-state index contributed by atoms with van der Waals surface area (Å²) in [6, 6.07) is 8.23. The Labute approximate surface area is 178 Å². The molecule has 7 nitrogen and oxygen atoms in total. The summed E-state index contributed by atoms with van der Waals surface area (Å²) in [5.41, 5.74) is 0.749. The molecule has 4 heterocycles. The molecule has 2 aliphatic heterocycles. The second kappa shape index (κ2) is 8.59. The maximum absolute atomic E-state index is 13.2. The van der Waals surface area contributed by atoms with Crippen LogP contribution in [0.15, 0.2) is 41.2 Å². The van der Waals surface area contributed by atoms with Crippen molar-refractivity contribution in [3.63, 3.8) is 0 Å². The van der Waals surface area contributed by atoms with Gasteiger partial charge in [0, 0.05) is 49.3 Å². The standard InChI is InChI=1S/C21H23FN6OS/c22-17-5-3-15(4-6-17)20-25-21(29-26-20)16-2-1-7-28(13-16)19-12-18(23-14-24-19)27-8-10-30-11-9-27/h3-6,12,14,16H,1-2,7-11,13H2. The summed E-state index contributed by atoms with van der Waals surface area (Å²) in [6.45, 7) is 3.77. The number of rotatable bonds is 4. The lowest BCUT2D eigenvalue weighted by atomic mass is 9.98. The zero-order valence-corrected chi connectivity index (χ0v) is 17.4. The van der Waals surface area contributed by atoms with Crippen molar-refractivity contribution in [2.75, 3.05) is 47.5 Å². The summed E-state index contributed by atoms with van der Waals surface area (Å²) >= 11 is 1.99. The first-order valence-electron chi connectivity index (χ1n) is 10.3. The summed E-state index contributed by atoms with van der Waals surface area (Å²) in [6.07, 6.45) is 3.68. The lowest BCUT2D eigenvalue weighted by Crippen LogP contribution is -2.36. The summed E-state index contributed by atoms with van der Waals surface area (Å²) in [4.78, 5) is 18.2. The van der Waals surface area contributed by atoms with Crippen LogP contribution in [0.3, 0.4) is 0 Å². The van der Waals surface area contributed by atoms with Gasteiger partial charge in [-0.3, -0.25) is 0 Å². The molecule has 5 rings (SSSR count). The number of anilines is 2. The van der Waals surface area contributed by atoms with Gasteiger partial charge in [0.1, 0.15) is 23.8 Å². The quantitative estimate of drug-likeness (QED) is 0.627. The van der Waals surface area contributed by atoms with Gasteiger partial charge in [-0.05, 0) is 37.1 Å². The Morgan fingerprint density at radius 2 is 1.77 bits per heavy atom. The summed E-state index contributed by atoms with van der Waals surface area (Å²) in [7, 11) is 0. The van der Waals surface area contributed by atoms with Gasteiger partial charge in [-0.25, -0.2) is 14.4 Å². The minimum atomic E-state index is -0.280. The number of aromatic nitrogens is 4. The maximum Gasteiger partial charge on any atom is 0.231 e. The van der Waals surface area contributed by atoms with Crippen LogP contribution in [0.25, 0.3) is 11.4 Å². The first kappa shape index (κ1) is 19.3. The van der Waals surface area contributed by atoms with Crippen LogP contribution in [0, 0.1) is 5.82 Å². The zero-order chi connectivity index (χ0) is 20.3. The van der Waals surface area contributed by atoms with Gasteiger partial charge in [-0.2, -0.15) is 16.7 Å². The number of halogens is 1. The molecule has 2 saturated heterocycles. The highest BCUT2D eigenvalue weighted by Gasteiger charge is 2.27. The van der Waals surface area contributed by atoms with Gasteiger partial charge in [0.25, 0.3) is 0 Å². The van der Waals surface area contributed by atoms with Crippen LogP contribution in [-0.2, 0) is 0 Å². The predicted molar refractivity (Wildman–Crippen MR) is 115 cm³/mol. The van der Waals surface area contributed by atoms with Crippen LogP contribution in [0.1, 0.15) is 24.7 Å². The number of piperidine rings is 1. The fourth-order valence-corrected chi connectivity index (χ4v) is 4.88. The van der Waals surface area contributed by atoms with E-state index in [4.69, 9.17) is 4.52 Å². The molecule has 2 aromatic heterocycles. The third kappa shape index (κ3) is 4.12. The zero-order valence-electron chi connectivity index (χ0n) is 16.6. The lowest BCUT2D eigenvalue weighted by Gasteiger charge is -2.33. The molecule has 0 N–H and O–H groups in total. The van der Waals surface area contributed by atoms with Gasteiger partial charge in [-0.15, -0.1) is 0 Å². The third-order valence-electron chi connectivity index (χ3n) is 5.61. The lowest BCUT2D eigenvalue weighted by molar-refractivity contribution is 0.333. The molecule has 1 aromatic carbocycles. The number of thioether (sulfide) groups is 1. The van der Waals surface area contributed by atoms with Crippen molar-refractivity contribution < 1.29 is 8.91 Å².